The molecule has 0 radical (unpaired) electrons. The topological polar surface area (TPSA) is 66.1 Å². The quantitative estimate of drug-likeness (QED) is 0.682. The van der Waals surface area contributed by atoms with E-state index in [4.69, 9.17) is 0 Å². The fraction of sp³-hybridized carbons (Fsp3) is 0.583. The Bertz CT molecular complexity index is 568. The molecule has 21 heavy (non-hydrogen) atoms. The smallest absolute Gasteiger partial charge is 0.342 e. The Labute approximate surface area is 122 Å². The maximum absolute atomic E-state index is 12.6. The van der Waals surface area contributed by atoms with Crippen molar-refractivity contribution in [2.45, 2.75) is 30.6 Å². The summed E-state index contributed by atoms with van der Waals surface area (Å²) < 4.78 is 37.7. The van der Waals surface area contributed by atoms with Crippen LogP contribution >= 0.6 is 11.8 Å². The second kappa shape index (κ2) is 6.50. The summed E-state index contributed by atoms with van der Waals surface area (Å²) in [5, 5.41) is -0.194. The molecule has 0 aliphatic carbocycles. The predicted molar refractivity (Wildman–Crippen MR) is 71.0 cm³/mol. The highest BCUT2D eigenvalue weighted by molar-refractivity contribution is 7.99. The van der Waals surface area contributed by atoms with E-state index in [9.17, 15) is 22.8 Å². The molecule has 1 amide bonds. The SMILES string of the molecule is O=C(CSc1nc(=O)cc(C(F)(F)F)[nH]1)N1CCCCC1. The lowest BCUT2D eigenvalue weighted by Crippen LogP contribution is -2.36. The van der Waals surface area contributed by atoms with Crippen molar-refractivity contribution < 1.29 is 18.0 Å². The van der Waals surface area contributed by atoms with Gasteiger partial charge in [-0.2, -0.15) is 18.2 Å². The molecule has 116 valence electrons. The molecule has 0 saturated carbocycles. The zero-order chi connectivity index (χ0) is 15.5. The highest BCUT2D eigenvalue weighted by Gasteiger charge is 2.32. The van der Waals surface area contributed by atoms with Gasteiger partial charge in [0.1, 0.15) is 5.69 Å². The van der Waals surface area contributed by atoms with Crippen molar-refractivity contribution in [1.82, 2.24) is 14.9 Å². The molecule has 5 nitrogen and oxygen atoms in total. The summed E-state index contributed by atoms with van der Waals surface area (Å²) in [5.74, 6) is -0.190. The summed E-state index contributed by atoms with van der Waals surface area (Å²) in [4.78, 5) is 30.2. The molecule has 0 spiro atoms. The van der Waals surface area contributed by atoms with Crippen LogP contribution in [0.15, 0.2) is 16.0 Å². The van der Waals surface area contributed by atoms with Crippen molar-refractivity contribution in [3.8, 4) is 0 Å². The molecular weight excluding hydrogens is 307 g/mol. The van der Waals surface area contributed by atoms with Gasteiger partial charge in [-0.15, -0.1) is 0 Å². The summed E-state index contributed by atoms with van der Waals surface area (Å²) >= 11 is 0.809. The maximum Gasteiger partial charge on any atom is 0.431 e. The van der Waals surface area contributed by atoms with Crippen LogP contribution in [-0.2, 0) is 11.0 Å². The molecule has 1 saturated heterocycles. The van der Waals surface area contributed by atoms with Gasteiger partial charge in [0.15, 0.2) is 5.16 Å². The van der Waals surface area contributed by atoms with Crippen molar-refractivity contribution in [1.29, 1.82) is 0 Å². The number of amides is 1. The van der Waals surface area contributed by atoms with Crippen LogP contribution in [0.3, 0.4) is 0 Å². The van der Waals surface area contributed by atoms with Gasteiger partial charge in [0.25, 0.3) is 5.56 Å². The van der Waals surface area contributed by atoms with Gasteiger partial charge in [0.2, 0.25) is 5.91 Å². The Hall–Kier alpha value is -1.51. The van der Waals surface area contributed by atoms with Crippen LogP contribution in [-0.4, -0.2) is 39.6 Å². The first kappa shape index (κ1) is 15.9. The minimum absolute atomic E-state index is 0.0374. The second-order valence-electron chi connectivity index (χ2n) is 4.67. The molecule has 0 unspecified atom stereocenters. The third-order valence-corrected chi connectivity index (χ3v) is 3.93. The Morgan fingerprint density at radius 2 is 2.00 bits per heavy atom. The number of halogens is 3. The molecule has 1 aliphatic rings. The average molecular weight is 321 g/mol. The number of thioether (sulfide) groups is 1. The van der Waals surface area contributed by atoms with Crippen molar-refractivity contribution in [2.24, 2.45) is 0 Å². The van der Waals surface area contributed by atoms with Gasteiger partial charge in [0.05, 0.1) is 5.75 Å². The number of hydrogen-bond acceptors (Lipinski definition) is 4. The number of likely N-dealkylation sites (tertiary alicyclic amines) is 1. The minimum Gasteiger partial charge on any atom is -0.342 e. The van der Waals surface area contributed by atoms with E-state index < -0.39 is 17.4 Å². The predicted octanol–water partition coefficient (Wildman–Crippen LogP) is 1.89. The highest BCUT2D eigenvalue weighted by Crippen LogP contribution is 2.27. The minimum atomic E-state index is -4.64. The van der Waals surface area contributed by atoms with Crippen LogP contribution in [0, 0.1) is 0 Å². The summed E-state index contributed by atoms with van der Waals surface area (Å²) in [6.07, 6.45) is -1.68. The van der Waals surface area contributed by atoms with E-state index in [2.05, 4.69) is 4.98 Å². The molecule has 0 aromatic carbocycles. The number of H-pyrrole nitrogens is 1. The van der Waals surface area contributed by atoms with Crippen LogP contribution in [0.5, 0.6) is 0 Å². The van der Waals surface area contributed by atoms with Gasteiger partial charge in [-0.1, -0.05) is 11.8 Å². The molecule has 0 atom stereocenters. The largest absolute Gasteiger partial charge is 0.431 e. The zero-order valence-corrected chi connectivity index (χ0v) is 11.9. The number of aromatic nitrogens is 2. The lowest BCUT2D eigenvalue weighted by atomic mass is 10.1. The third-order valence-electron chi connectivity index (χ3n) is 3.07. The van der Waals surface area contributed by atoms with E-state index in [0.29, 0.717) is 19.2 Å². The number of aromatic amines is 1. The first-order valence-corrected chi connectivity index (χ1v) is 7.44. The van der Waals surface area contributed by atoms with Crippen LogP contribution in [0.1, 0.15) is 25.0 Å². The van der Waals surface area contributed by atoms with E-state index >= 15 is 0 Å². The monoisotopic (exact) mass is 321 g/mol. The third kappa shape index (κ3) is 4.48. The maximum atomic E-state index is 12.6. The number of piperidine rings is 1. The molecule has 1 N–H and O–H groups in total. The average Bonchev–Trinajstić information content (AvgIpc) is 2.44. The Morgan fingerprint density at radius 1 is 1.33 bits per heavy atom. The van der Waals surface area contributed by atoms with Crippen LogP contribution < -0.4 is 5.56 Å². The van der Waals surface area contributed by atoms with Crippen molar-refractivity contribution in [2.75, 3.05) is 18.8 Å². The summed E-state index contributed by atoms with van der Waals surface area (Å²) in [6.45, 7) is 1.35. The number of carbonyl (C=O) groups is 1. The summed E-state index contributed by atoms with van der Waals surface area (Å²) in [6, 6.07) is 0.399. The van der Waals surface area contributed by atoms with E-state index in [1.807, 2.05) is 4.98 Å². The normalized spacial score (nSPS) is 16.0. The van der Waals surface area contributed by atoms with E-state index in [0.717, 1.165) is 31.0 Å². The van der Waals surface area contributed by atoms with Crippen LogP contribution in [0.25, 0.3) is 0 Å². The van der Waals surface area contributed by atoms with E-state index in [-0.39, 0.29) is 16.8 Å². The lowest BCUT2D eigenvalue weighted by Gasteiger charge is -2.26. The fourth-order valence-electron chi connectivity index (χ4n) is 2.02. The Balaban J connectivity index is 2.01. The van der Waals surface area contributed by atoms with E-state index in [1.165, 1.54) is 0 Å². The Kier molecular flexibility index (Phi) is 4.92. The van der Waals surface area contributed by atoms with Gasteiger partial charge in [-0.3, -0.25) is 9.59 Å². The second-order valence-corrected chi connectivity index (χ2v) is 5.63. The van der Waals surface area contributed by atoms with Crippen molar-refractivity contribution in [3.63, 3.8) is 0 Å². The van der Waals surface area contributed by atoms with Crippen LogP contribution in [0.2, 0.25) is 0 Å². The highest BCUT2D eigenvalue weighted by atomic mass is 32.2. The molecule has 2 rings (SSSR count). The molecule has 1 aliphatic heterocycles. The summed E-state index contributed by atoms with van der Waals surface area (Å²) in [7, 11) is 0. The number of carbonyl (C=O) groups excluding carboxylic acids is 1. The van der Waals surface area contributed by atoms with Crippen molar-refractivity contribution in [3.05, 3.63) is 22.1 Å². The number of nitrogens with one attached hydrogen (secondary N) is 1. The van der Waals surface area contributed by atoms with Crippen molar-refractivity contribution >= 4 is 17.7 Å². The first-order valence-electron chi connectivity index (χ1n) is 6.45. The van der Waals surface area contributed by atoms with Gasteiger partial charge in [0, 0.05) is 19.2 Å². The lowest BCUT2D eigenvalue weighted by molar-refractivity contribution is -0.141. The van der Waals surface area contributed by atoms with Gasteiger partial charge in [-0.05, 0) is 19.3 Å². The number of nitrogens with zero attached hydrogens (tertiary/aromatic N) is 2. The number of alkyl halides is 3. The zero-order valence-electron chi connectivity index (χ0n) is 11.1. The van der Waals surface area contributed by atoms with Gasteiger partial charge < -0.3 is 9.88 Å². The molecular formula is C12H14F3N3O2S. The molecule has 1 aromatic heterocycles. The molecule has 0 bridgehead atoms. The number of rotatable bonds is 3. The van der Waals surface area contributed by atoms with Gasteiger partial charge in [-0.25, -0.2) is 0 Å². The van der Waals surface area contributed by atoms with E-state index in [1.54, 1.807) is 4.90 Å². The fourth-order valence-corrected chi connectivity index (χ4v) is 2.80. The number of hydrogen-bond donors (Lipinski definition) is 1. The molecule has 2 heterocycles. The summed E-state index contributed by atoms with van der Waals surface area (Å²) in [5.41, 5.74) is -2.13. The molecule has 9 heteroatoms. The Morgan fingerprint density at radius 3 is 2.62 bits per heavy atom. The standard InChI is InChI=1S/C12H14F3N3O2S/c13-12(14,15)8-6-9(19)17-11(16-8)21-7-10(20)18-4-2-1-3-5-18/h6H,1-5,7H2,(H,16,17,19). The van der Waals surface area contributed by atoms with Crippen LogP contribution in [0.4, 0.5) is 13.2 Å². The molecule has 1 aromatic rings. The molecule has 1 fully saturated rings. The van der Waals surface area contributed by atoms with Gasteiger partial charge >= 0.3 is 6.18 Å². The first-order chi connectivity index (χ1) is 9.86.